The molecule has 0 bridgehead atoms. The van der Waals surface area contributed by atoms with Gasteiger partial charge in [-0.2, -0.15) is 0 Å². The third-order valence-electron chi connectivity index (χ3n) is 4.88. The fraction of sp³-hybridized carbons (Fsp3) is 0.364. The summed E-state index contributed by atoms with van der Waals surface area (Å²) in [4.78, 5) is 17.1. The van der Waals surface area contributed by atoms with Crippen molar-refractivity contribution in [1.29, 1.82) is 5.41 Å². The van der Waals surface area contributed by atoms with Crippen LogP contribution >= 0.6 is 0 Å². The van der Waals surface area contributed by atoms with Gasteiger partial charge >= 0.3 is 0 Å². The lowest BCUT2D eigenvalue weighted by atomic mass is 10.0. The second-order valence-corrected chi connectivity index (χ2v) is 6.94. The predicted molar refractivity (Wildman–Crippen MR) is 117 cm³/mol. The van der Waals surface area contributed by atoms with E-state index in [-0.39, 0.29) is 11.6 Å². The highest BCUT2D eigenvalue weighted by Crippen LogP contribution is 2.26. The molecule has 3 rings (SSSR count). The smallest absolute Gasteiger partial charge is 0.269 e. The van der Waals surface area contributed by atoms with Gasteiger partial charge < -0.3 is 14.9 Å². The fourth-order valence-electron chi connectivity index (χ4n) is 3.22. The molecule has 1 saturated heterocycles. The zero-order valence-corrected chi connectivity index (χ0v) is 16.8. The summed E-state index contributed by atoms with van der Waals surface area (Å²) >= 11 is 0. The Bertz CT molecular complexity index is 864. The van der Waals surface area contributed by atoms with Crippen molar-refractivity contribution in [3.8, 4) is 5.75 Å². The summed E-state index contributed by atoms with van der Waals surface area (Å²) in [6.45, 7) is 5.08. The Morgan fingerprint density at radius 1 is 1.20 bits per heavy atom. The molecule has 2 aromatic rings. The number of nitrogens with one attached hydrogen (secondary N) is 1. The predicted octanol–water partition coefficient (Wildman–Crippen LogP) is 3.83. The molecule has 1 aliphatic rings. The van der Waals surface area contributed by atoms with Crippen LogP contribution in [-0.2, 0) is 4.74 Å². The number of nitro groups is 1. The van der Waals surface area contributed by atoms with Gasteiger partial charge in [-0.05, 0) is 24.6 Å². The van der Waals surface area contributed by atoms with Crippen LogP contribution in [0.25, 0.3) is 0 Å². The average molecular weight is 410 g/mol. The van der Waals surface area contributed by atoms with E-state index >= 15 is 0 Å². The molecule has 8 nitrogen and oxygen atoms in total. The van der Waals surface area contributed by atoms with Crippen molar-refractivity contribution in [3.05, 3.63) is 64.2 Å². The van der Waals surface area contributed by atoms with Gasteiger partial charge in [0, 0.05) is 49.8 Å². The second kappa shape index (κ2) is 11.2. The largest absolute Gasteiger partial charge is 0.493 e. The van der Waals surface area contributed by atoms with E-state index in [1.807, 2.05) is 24.3 Å². The minimum absolute atomic E-state index is 0.0216. The van der Waals surface area contributed by atoms with Crippen LogP contribution in [-0.4, -0.2) is 61.7 Å². The fourth-order valence-corrected chi connectivity index (χ4v) is 3.22. The van der Waals surface area contributed by atoms with Crippen LogP contribution in [0.3, 0.4) is 0 Å². The Hall–Kier alpha value is -3.10. The first-order chi connectivity index (χ1) is 14.7. The van der Waals surface area contributed by atoms with Gasteiger partial charge in [-0.3, -0.25) is 20.0 Å². The quantitative estimate of drug-likeness (QED) is 0.278. The number of ether oxygens (including phenoxy) is 2. The van der Waals surface area contributed by atoms with Gasteiger partial charge in [0.2, 0.25) is 0 Å². The number of benzene rings is 2. The lowest BCUT2D eigenvalue weighted by molar-refractivity contribution is -0.384. The van der Waals surface area contributed by atoms with Gasteiger partial charge in [-0.1, -0.05) is 18.2 Å². The summed E-state index contributed by atoms with van der Waals surface area (Å²) in [5.74, 6) is 0.388. The summed E-state index contributed by atoms with van der Waals surface area (Å²) in [6, 6.07) is 13.7. The number of hydrogen-bond acceptors (Lipinski definition) is 7. The van der Waals surface area contributed by atoms with Crippen LogP contribution in [0, 0.1) is 15.5 Å². The highest BCUT2D eigenvalue weighted by molar-refractivity contribution is 5.91. The van der Waals surface area contributed by atoms with E-state index in [9.17, 15) is 10.1 Å². The van der Waals surface area contributed by atoms with Crippen molar-refractivity contribution in [2.75, 3.05) is 39.5 Å². The molecule has 1 heterocycles. The van der Waals surface area contributed by atoms with Gasteiger partial charge in [0.25, 0.3) is 5.69 Å². The van der Waals surface area contributed by atoms with Gasteiger partial charge in [-0.25, -0.2) is 0 Å². The van der Waals surface area contributed by atoms with E-state index < -0.39 is 4.92 Å². The molecule has 1 aliphatic heterocycles. The first kappa shape index (κ1) is 21.6. The van der Waals surface area contributed by atoms with Crippen molar-refractivity contribution in [2.45, 2.75) is 12.3 Å². The number of para-hydroxylation sites is 1. The molecule has 1 atom stereocenters. The molecule has 0 aromatic heterocycles. The van der Waals surface area contributed by atoms with Crippen molar-refractivity contribution >= 4 is 23.8 Å². The Balaban J connectivity index is 1.60. The number of aliphatic imine (C=N–C) groups is 1. The second-order valence-electron chi connectivity index (χ2n) is 6.94. The number of nitrogens with zero attached hydrogens (tertiary/aromatic N) is 3. The monoisotopic (exact) mass is 410 g/mol. The standard InChI is InChI=1S/C22H26N4O4/c23-16-18(17-24-19-6-8-20(9-7-19)26(27)28)21-4-1-2-5-22(21)30-13-3-10-25-11-14-29-15-12-25/h1-2,4-9,16-18,23H,3,10-15H2. The van der Waals surface area contributed by atoms with E-state index in [0.717, 1.165) is 50.6 Å². The average Bonchev–Trinajstić information content (AvgIpc) is 2.79. The number of rotatable bonds is 10. The molecule has 158 valence electrons. The molecule has 30 heavy (non-hydrogen) atoms. The van der Waals surface area contributed by atoms with E-state index in [0.29, 0.717) is 12.3 Å². The van der Waals surface area contributed by atoms with E-state index in [1.165, 1.54) is 18.3 Å². The molecular formula is C22H26N4O4. The molecule has 0 aliphatic carbocycles. The van der Waals surface area contributed by atoms with E-state index in [1.54, 1.807) is 18.3 Å². The molecular weight excluding hydrogens is 384 g/mol. The molecule has 0 spiro atoms. The van der Waals surface area contributed by atoms with Gasteiger partial charge in [0.05, 0.1) is 36.3 Å². The van der Waals surface area contributed by atoms with Crippen molar-refractivity contribution in [3.63, 3.8) is 0 Å². The number of morpholine rings is 1. The van der Waals surface area contributed by atoms with Gasteiger partial charge in [0.1, 0.15) is 5.75 Å². The molecule has 2 aromatic carbocycles. The van der Waals surface area contributed by atoms with Gasteiger partial charge in [0.15, 0.2) is 0 Å². The molecule has 0 radical (unpaired) electrons. The lowest BCUT2D eigenvalue weighted by Gasteiger charge is -2.26. The molecule has 0 amide bonds. The maximum absolute atomic E-state index is 10.8. The number of non-ortho nitro benzene ring substituents is 1. The van der Waals surface area contributed by atoms with E-state index in [2.05, 4.69) is 9.89 Å². The third-order valence-corrected chi connectivity index (χ3v) is 4.88. The zero-order valence-electron chi connectivity index (χ0n) is 16.8. The van der Waals surface area contributed by atoms with Crippen LogP contribution in [0.5, 0.6) is 5.75 Å². The topological polar surface area (TPSA) is 101 Å². The number of hydrogen-bond donors (Lipinski definition) is 1. The molecule has 0 saturated carbocycles. The minimum Gasteiger partial charge on any atom is -0.493 e. The minimum atomic E-state index is -0.444. The Labute approximate surface area is 175 Å². The SMILES string of the molecule is N=CC(C=Nc1ccc([N+](=O)[O-])cc1)c1ccccc1OCCCN1CCOCC1. The maximum Gasteiger partial charge on any atom is 0.269 e. The summed E-state index contributed by atoms with van der Waals surface area (Å²) in [6.07, 6.45) is 3.88. The number of nitro benzene ring substituents is 1. The zero-order chi connectivity index (χ0) is 21.2. The molecule has 1 N–H and O–H groups in total. The van der Waals surface area contributed by atoms with E-state index in [4.69, 9.17) is 14.9 Å². The van der Waals surface area contributed by atoms with Crippen LogP contribution in [0.2, 0.25) is 0 Å². The summed E-state index contributed by atoms with van der Waals surface area (Å²) < 4.78 is 11.4. The highest BCUT2D eigenvalue weighted by atomic mass is 16.6. The molecule has 8 heteroatoms. The Morgan fingerprint density at radius 2 is 1.93 bits per heavy atom. The first-order valence-electron chi connectivity index (χ1n) is 9.98. The van der Waals surface area contributed by atoms with Crippen LogP contribution in [0.1, 0.15) is 17.9 Å². The first-order valence-corrected chi connectivity index (χ1v) is 9.98. The van der Waals surface area contributed by atoms with Crippen molar-refractivity contribution in [1.82, 2.24) is 4.90 Å². The third kappa shape index (κ3) is 6.20. The highest BCUT2D eigenvalue weighted by Gasteiger charge is 2.13. The van der Waals surface area contributed by atoms with Crippen molar-refractivity contribution < 1.29 is 14.4 Å². The molecule has 1 fully saturated rings. The normalized spacial score (nSPS) is 15.7. The van der Waals surface area contributed by atoms with Crippen LogP contribution < -0.4 is 4.74 Å². The summed E-state index contributed by atoms with van der Waals surface area (Å²) in [7, 11) is 0. The molecule has 1 unspecified atom stereocenters. The van der Waals surface area contributed by atoms with Crippen LogP contribution in [0.4, 0.5) is 11.4 Å². The van der Waals surface area contributed by atoms with Gasteiger partial charge in [-0.15, -0.1) is 0 Å². The maximum atomic E-state index is 10.8. The summed E-state index contributed by atoms with van der Waals surface area (Å²) in [5.41, 5.74) is 1.48. The van der Waals surface area contributed by atoms with Crippen LogP contribution in [0.15, 0.2) is 53.5 Å². The Kier molecular flexibility index (Phi) is 8.05. The Morgan fingerprint density at radius 3 is 2.63 bits per heavy atom. The lowest BCUT2D eigenvalue weighted by Crippen LogP contribution is -2.37. The summed E-state index contributed by atoms with van der Waals surface area (Å²) in [5, 5.41) is 18.6. The van der Waals surface area contributed by atoms with Crippen molar-refractivity contribution in [2.24, 2.45) is 4.99 Å².